The quantitative estimate of drug-likeness (QED) is 0.728. The summed E-state index contributed by atoms with van der Waals surface area (Å²) in [6.07, 6.45) is 1.02. The first-order valence-electron chi connectivity index (χ1n) is 5.46. The predicted molar refractivity (Wildman–Crippen MR) is 71.0 cm³/mol. The third-order valence-electron chi connectivity index (χ3n) is 2.72. The number of benzene rings is 1. The second-order valence-electron chi connectivity index (χ2n) is 3.86. The molecule has 1 aromatic carbocycles. The zero-order valence-electron chi connectivity index (χ0n) is 9.40. The van der Waals surface area contributed by atoms with Crippen molar-refractivity contribution in [3.63, 3.8) is 0 Å². The van der Waals surface area contributed by atoms with E-state index in [0.717, 1.165) is 29.0 Å². The summed E-state index contributed by atoms with van der Waals surface area (Å²) in [5.41, 5.74) is 9.73. The number of nitrogens with zero attached hydrogens (tertiary/aromatic N) is 2. The monoisotopic (exact) mass is 244 g/mol. The molecule has 5 heteroatoms. The first kappa shape index (κ1) is 10.3. The second-order valence-corrected chi connectivity index (χ2v) is 4.75. The van der Waals surface area contributed by atoms with Gasteiger partial charge < -0.3 is 10.7 Å². The Hall–Kier alpha value is -1.88. The van der Waals surface area contributed by atoms with Gasteiger partial charge in [0.1, 0.15) is 5.69 Å². The van der Waals surface area contributed by atoms with Crippen LogP contribution < -0.4 is 5.73 Å². The van der Waals surface area contributed by atoms with Crippen LogP contribution in [0.2, 0.25) is 0 Å². The van der Waals surface area contributed by atoms with Gasteiger partial charge in [-0.25, -0.2) is 9.97 Å². The summed E-state index contributed by atoms with van der Waals surface area (Å²) in [7, 11) is 0. The van der Waals surface area contributed by atoms with E-state index in [1.807, 2.05) is 11.4 Å². The van der Waals surface area contributed by atoms with Crippen LogP contribution in [0, 0.1) is 0 Å². The van der Waals surface area contributed by atoms with Crippen LogP contribution in [0.5, 0.6) is 0 Å². The van der Waals surface area contributed by atoms with Crippen molar-refractivity contribution in [1.29, 1.82) is 0 Å². The fraction of sp³-hybridized carbons (Fsp3) is 0.167. The standard InChI is InChI=1S/C12H12N4S/c1-2-7-3-4-8-9(5-7)15-11(14-8)10-6-17-12(13)16-10/h3-6H,2H2,1H3,(H2,13,16)(H,14,15). The molecule has 3 aromatic rings. The summed E-state index contributed by atoms with van der Waals surface area (Å²) in [6, 6.07) is 6.26. The van der Waals surface area contributed by atoms with E-state index in [1.165, 1.54) is 16.9 Å². The van der Waals surface area contributed by atoms with Crippen LogP contribution in [0.3, 0.4) is 0 Å². The summed E-state index contributed by atoms with van der Waals surface area (Å²) in [5, 5.41) is 2.48. The molecule has 3 N–H and O–H groups in total. The first-order chi connectivity index (χ1) is 8.26. The van der Waals surface area contributed by atoms with E-state index in [9.17, 15) is 0 Å². The normalized spacial score (nSPS) is 11.1. The molecule has 2 heterocycles. The van der Waals surface area contributed by atoms with Crippen LogP contribution in [0.1, 0.15) is 12.5 Å². The Morgan fingerprint density at radius 2 is 2.24 bits per heavy atom. The van der Waals surface area contributed by atoms with Gasteiger partial charge in [-0.2, -0.15) is 0 Å². The predicted octanol–water partition coefficient (Wildman–Crippen LogP) is 2.83. The van der Waals surface area contributed by atoms with Crippen LogP contribution in [-0.2, 0) is 6.42 Å². The lowest BCUT2D eigenvalue weighted by Crippen LogP contribution is -1.84. The van der Waals surface area contributed by atoms with Gasteiger partial charge in [-0.05, 0) is 24.1 Å². The fourth-order valence-corrected chi connectivity index (χ4v) is 2.34. The highest BCUT2D eigenvalue weighted by Crippen LogP contribution is 2.23. The molecule has 0 fully saturated rings. The first-order valence-corrected chi connectivity index (χ1v) is 6.34. The molecule has 0 amide bonds. The molecule has 0 radical (unpaired) electrons. The highest BCUT2D eigenvalue weighted by molar-refractivity contribution is 7.13. The molecule has 2 aromatic heterocycles. The molecule has 17 heavy (non-hydrogen) atoms. The number of aryl methyl sites for hydroxylation is 1. The number of hydrogen-bond donors (Lipinski definition) is 2. The van der Waals surface area contributed by atoms with Crippen molar-refractivity contribution in [2.75, 3.05) is 5.73 Å². The van der Waals surface area contributed by atoms with Crippen LogP contribution >= 0.6 is 11.3 Å². The third-order valence-corrected chi connectivity index (χ3v) is 3.39. The molecule has 0 atom stereocenters. The number of imidazole rings is 1. The summed E-state index contributed by atoms with van der Waals surface area (Å²) < 4.78 is 0. The number of aromatic nitrogens is 3. The smallest absolute Gasteiger partial charge is 0.180 e. The maximum atomic E-state index is 5.62. The Morgan fingerprint density at radius 1 is 1.35 bits per heavy atom. The molecule has 0 bridgehead atoms. The van der Waals surface area contributed by atoms with Crippen LogP contribution in [0.25, 0.3) is 22.6 Å². The molecule has 86 valence electrons. The molecule has 0 saturated carbocycles. The highest BCUT2D eigenvalue weighted by atomic mass is 32.1. The summed E-state index contributed by atoms with van der Waals surface area (Å²) in [4.78, 5) is 12.0. The van der Waals surface area contributed by atoms with E-state index in [4.69, 9.17) is 5.73 Å². The molecular weight excluding hydrogens is 232 g/mol. The average molecular weight is 244 g/mol. The second kappa shape index (κ2) is 3.85. The zero-order chi connectivity index (χ0) is 11.8. The Balaban J connectivity index is 2.13. The average Bonchev–Trinajstić information content (AvgIpc) is 2.93. The van der Waals surface area contributed by atoms with Gasteiger partial charge in [-0.15, -0.1) is 11.3 Å². The van der Waals surface area contributed by atoms with Crippen molar-refractivity contribution in [3.8, 4) is 11.5 Å². The number of nitrogens with two attached hydrogens (primary N) is 1. The third kappa shape index (κ3) is 1.78. The number of fused-ring (bicyclic) bond motifs is 1. The summed E-state index contributed by atoms with van der Waals surface area (Å²) in [5.74, 6) is 0.779. The Labute approximate surface area is 103 Å². The van der Waals surface area contributed by atoms with Crippen LogP contribution in [0.4, 0.5) is 5.13 Å². The molecular formula is C12H12N4S. The Kier molecular flexibility index (Phi) is 2.33. The molecule has 0 unspecified atom stereocenters. The molecule has 4 nitrogen and oxygen atoms in total. The maximum Gasteiger partial charge on any atom is 0.180 e. The van der Waals surface area contributed by atoms with Crippen LogP contribution in [0.15, 0.2) is 23.6 Å². The lowest BCUT2D eigenvalue weighted by molar-refractivity contribution is 1.14. The van der Waals surface area contributed by atoms with Crippen LogP contribution in [-0.4, -0.2) is 15.0 Å². The number of nitrogens with one attached hydrogen (secondary N) is 1. The van der Waals surface area contributed by atoms with Crippen molar-refractivity contribution < 1.29 is 0 Å². The summed E-state index contributed by atoms with van der Waals surface area (Å²) >= 11 is 1.42. The highest BCUT2D eigenvalue weighted by Gasteiger charge is 2.08. The number of hydrogen-bond acceptors (Lipinski definition) is 4. The SMILES string of the molecule is CCc1ccc2nc(-c3csc(N)n3)[nH]c2c1. The number of rotatable bonds is 2. The van der Waals surface area contributed by atoms with E-state index in [0.29, 0.717) is 5.13 Å². The minimum absolute atomic E-state index is 0.565. The Morgan fingerprint density at radius 3 is 2.94 bits per heavy atom. The van der Waals surface area contributed by atoms with Gasteiger partial charge >= 0.3 is 0 Å². The van der Waals surface area contributed by atoms with Gasteiger partial charge in [-0.3, -0.25) is 0 Å². The lowest BCUT2D eigenvalue weighted by Gasteiger charge is -1.93. The van der Waals surface area contributed by atoms with Crippen molar-refractivity contribution >= 4 is 27.5 Å². The van der Waals surface area contributed by atoms with Gasteiger partial charge in [-0.1, -0.05) is 13.0 Å². The van der Waals surface area contributed by atoms with E-state index in [2.05, 4.69) is 34.0 Å². The number of aromatic amines is 1. The van der Waals surface area contributed by atoms with E-state index in [1.54, 1.807) is 0 Å². The molecule has 0 saturated heterocycles. The molecule has 0 aliphatic rings. The maximum absolute atomic E-state index is 5.62. The molecule has 3 rings (SSSR count). The van der Waals surface area contributed by atoms with E-state index >= 15 is 0 Å². The van der Waals surface area contributed by atoms with Crippen molar-refractivity contribution in [2.45, 2.75) is 13.3 Å². The number of thiazole rings is 1. The fourth-order valence-electron chi connectivity index (χ4n) is 1.79. The lowest BCUT2D eigenvalue weighted by atomic mass is 10.1. The van der Waals surface area contributed by atoms with Gasteiger partial charge in [0.15, 0.2) is 11.0 Å². The number of H-pyrrole nitrogens is 1. The van der Waals surface area contributed by atoms with E-state index < -0.39 is 0 Å². The van der Waals surface area contributed by atoms with Gasteiger partial charge in [0.2, 0.25) is 0 Å². The van der Waals surface area contributed by atoms with Crippen molar-refractivity contribution in [1.82, 2.24) is 15.0 Å². The van der Waals surface area contributed by atoms with Gasteiger partial charge in [0.25, 0.3) is 0 Å². The van der Waals surface area contributed by atoms with Crippen molar-refractivity contribution in [2.24, 2.45) is 0 Å². The van der Waals surface area contributed by atoms with Crippen molar-refractivity contribution in [3.05, 3.63) is 29.1 Å². The van der Waals surface area contributed by atoms with Gasteiger partial charge in [0.05, 0.1) is 11.0 Å². The minimum atomic E-state index is 0.565. The number of nitrogen functional groups attached to an aromatic ring is 1. The largest absolute Gasteiger partial charge is 0.375 e. The summed E-state index contributed by atoms with van der Waals surface area (Å²) in [6.45, 7) is 2.14. The number of anilines is 1. The molecule has 0 spiro atoms. The minimum Gasteiger partial charge on any atom is -0.375 e. The zero-order valence-corrected chi connectivity index (χ0v) is 10.2. The molecule has 0 aliphatic heterocycles. The Bertz CT molecular complexity index is 668. The molecule has 0 aliphatic carbocycles. The topological polar surface area (TPSA) is 67.6 Å². The van der Waals surface area contributed by atoms with E-state index in [-0.39, 0.29) is 0 Å². The van der Waals surface area contributed by atoms with Gasteiger partial charge in [0, 0.05) is 5.38 Å².